The molecular formula is C17H23IN6O. The smallest absolute Gasteiger partial charge is 0.189 e. The van der Waals surface area contributed by atoms with Crippen LogP contribution in [0.15, 0.2) is 29.3 Å². The van der Waals surface area contributed by atoms with Gasteiger partial charge in [-0.25, -0.2) is 4.99 Å². The molecule has 0 spiro atoms. The lowest BCUT2D eigenvalue weighted by Crippen LogP contribution is -2.37. The van der Waals surface area contributed by atoms with Gasteiger partial charge >= 0.3 is 0 Å². The lowest BCUT2D eigenvalue weighted by molar-refractivity contribution is 0.262. The number of hydrogen-bond donors (Lipinski definition) is 2. The van der Waals surface area contributed by atoms with Gasteiger partial charge in [0.1, 0.15) is 18.1 Å². The monoisotopic (exact) mass is 454 g/mol. The van der Waals surface area contributed by atoms with Crippen LogP contribution in [-0.2, 0) is 19.5 Å². The predicted octanol–water partition coefficient (Wildman–Crippen LogP) is 2.16. The predicted molar refractivity (Wildman–Crippen MR) is 106 cm³/mol. The van der Waals surface area contributed by atoms with E-state index >= 15 is 0 Å². The van der Waals surface area contributed by atoms with Crippen LogP contribution >= 0.6 is 24.0 Å². The summed E-state index contributed by atoms with van der Waals surface area (Å²) in [5.74, 6) is 3.31. The summed E-state index contributed by atoms with van der Waals surface area (Å²) in [4.78, 5) is 4.46. The fraction of sp³-hybridized carbons (Fsp3) is 0.471. The third kappa shape index (κ3) is 3.88. The fourth-order valence-electron chi connectivity index (χ4n) is 3.36. The number of halogens is 1. The molecular weight excluding hydrogens is 431 g/mol. The molecule has 3 N–H and O–H groups in total. The molecule has 1 aromatic carbocycles. The van der Waals surface area contributed by atoms with Crippen molar-refractivity contribution in [1.29, 1.82) is 0 Å². The van der Waals surface area contributed by atoms with Gasteiger partial charge in [0.25, 0.3) is 0 Å². The summed E-state index contributed by atoms with van der Waals surface area (Å²) in [5.41, 5.74) is 7.22. The van der Waals surface area contributed by atoms with E-state index in [0.29, 0.717) is 19.1 Å². The quantitative estimate of drug-likeness (QED) is 0.422. The minimum atomic E-state index is 0. The first-order valence-corrected chi connectivity index (χ1v) is 8.50. The van der Waals surface area contributed by atoms with E-state index in [1.165, 1.54) is 12.8 Å². The Labute approximate surface area is 164 Å². The number of para-hydroxylation sites is 1. The number of ether oxygens (including phenoxy) is 1. The zero-order valence-electron chi connectivity index (χ0n) is 14.0. The van der Waals surface area contributed by atoms with Crippen LogP contribution in [0.2, 0.25) is 0 Å². The van der Waals surface area contributed by atoms with Gasteiger partial charge in [-0.1, -0.05) is 18.2 Å². The Morgan fingerprint density at radius 3 is 3.12 bits per heavy atom. The molecule has 4 rings (SSSR count). The van der Waals surface area contributed by atoms with Crippen molar-refractivity contribution < 1.29 is 4.74 Å². The lowest BCUT2D eigenvalue weighted by atomic mass is 10.0. The first kappa shape index (κ1) is 18.0. The van der Waals surface area contributed by atoms with E-state index in [9.17, 15) is 0 Å². The van der Waals surface area contributed by atoms with E-state index in [4.69, 9.17) is 10.5 Å². The molecule has 0 bridgehead atoms. The Morgan fingerprint density at radius 1 is 1.32 bits per heavy atom. The van der Waals surface area contributed by atoms with Gasteiger partial charge in [-0.2, -0.15) is 0 Å². The number of aliphatic imine (C=N–C) groups is 1. The van der Waals surface area contributed by atoms with Gasteiger partial charge in [-0.3, -0.25) is 0 Å². The maximum atomic E-state index is 6.09. The van der Waals surface area contributed by atoms with Crippen LogP contribution in [0, 0.1) is 0 Å². The summed E-state index contributed by atoms with van der Waals surface area (Å²) in [6, 6.07) is 8.17. The lowest BCUT2D eigenvalue weighted by Gasteiger charge is -2.26. The number of rotatable bonds is 3. The number of fused-ring (bicyclic) bond motifs is 2. The second kappa shape index (κ2) is 8.03. The molecule has 0 radical (unpaired) electrons. The standard InChI is InChI=1S/C17H22N6O.HI/c18-17(19-11-16-22-21-15-7-3-4-9-23(15)16)20-13-8-10-24-14-6-2-1-5-12(13)14;/h1-2,5-6,13H,3-4,7-11H2,(H3,18,19,20);1H. The van der Waals surface area contributed by atoms with Gasteiger partial charge in [0.2, 0.25) is 0 Å². The van der Waals surface area contributed by atoms with E-state index in [-0.39, 0.29) is 30.0 Å². The summed E-state index contributed by atoms with van der Waals surface area (Å²) in [7, 11) is 0. The van der Waals surface area contributed by atoms with Crippen molar-refractivity contribution in [2.45, 2.75) is 44.8 Å². The summed E-state index contributed by atoms with van der Waals surface area (Å²) in [6.45, 7) is 2.12. The maximum Gasteiger partial charge on any atom is 0.189 e. The fourth-order valence-corrected chi connectivity index (χ4v) is 3.36. The highest BCUT2D eigenvalue weighted by Gasteiger charge is 2.21. The van der Waals surface area contributed by atoms with Gasteiger partial charge in [0, 0.05) is 24.9 Å². The SMILES string of the molecule is I.NC(=NCc1nnc2n1CCCC2)NC1CCOc2ccccc21. The Balaban J connectivity index is 0.00000182. The van der Waals surface area contributed by atoms with Crippen LogP contribution in [0.5, 0.6) is 5.75 Å². The average Bonchev–Trinajstić information content (AvgIpc) is 3.04. The zero-order valence-corrected chi connectivity index (χ0v) is 16.3. The minimum absolute atomic E-state index is 0. The molecule has 25 heavy (non-hydrogen) atoms. The van der Waals surface area contributed by atoms with Gasteiger partial charge in [-0.05, 0) is 18.9 Å². The van der Waals surface area contributed by atoms with Crippen LogP contribution in [0.25, 0.3) is 0 Å². The number of benzene rings is 1. The molecule has 8 heteroatoms. The Kier molecular flexibility index (Phi) is 5.77. The number of aryl methyl sites for hydroxylation is 1. The van der Waals surface area contributed by atoms with Crippen molar-refractivity contribution in [3.8, 4) is 5.75 Å². The molecule has 0 saturated carbocycles. The largest absolute Gasteiger partial charge is 0.493 e. The molecule has 1 atom stereocenters. The Bertz CT molecular complexity index is 759. The maximum absolute atomic E-state index is 6.09. The molecule has 0 fully saturated rings. The van der Waals surface area contributed by atoms with Crippen LogP contribution in [0.1, 0.15) is 42.5 Å². The van der Waals surface area contributed by atoms with Gasteiger partial charge in [-0.15, -0.1) is 34.2 Å². The second-order valence-electron chi connectivity index (χ2n) is 6.21. The highest BCUT2D eigenvalue weighted by molar-refractivity contribution is 14.0. The van der Waals surface area contributed by atoms with Crippen molar-refractivity contribution >= 4 is 29.9 Å². The number of hydrogen-bond acceptors (Lipinski definition) is 4. The minimum Gasteiger partial charge on any atom is -0.493 e. The molecule has 3 heterocycles. The summed E-state index contributed by atoms with van der Waals surface area (Å²) >= 11 is 0. The molecule has 2 aliphatic rings. The van der Waals surface area contributed by atoms with Gasteiger partial charge < -0.3 is 20.4 Å². The number of aromatic nitrogens is 3. The molecule has 1 unspecified atom stereocenters. The first-order valence-electron chi connectivity index (χ1n) is 8.50. The van der Waals surface area contributed by atoms with E-state index in [1.54, 1.807) is 0 Å². The molecule has 1 aromatic heterocycles. The van der Waals surface area contributed by atoms with Crippen LogP contribution in [-0.4, -0.2) is 27.3 Å². The van der Waals surface area contributed by atoms with E-state index in [0.717, 1.165) is 42.3 Å². The summed E-state index contributed by atoms with van der Waals surface area (Å²) in [5, 5.41) is 11.8. The molecule has 7 nitrogen and oxygen atoms in total. The molecule has 2 aliphatic heterocycles. The second-order valence-corrected chi connectivity index (χ2v) is 6.21. The summed E-state index contributed by atoms with van der Waals surface area (Å²) < 4.78 is 7.84. The van der Waals surface area contributed by atoms with Crippen molar-refractivity contribution in [2.24, 2.45) is 10.7 Å². The molecule has 0 amide bonds. The Hall–Kier alpha value is -1.84. The summed E-state index contributed by atoms with van der Waals surface area (Å²) in [6.07, 6.45) is 4.24. The van der Waals surface area contributed by atoms with Crippen molar-refractivity contribution in [1.82, 2.24) is 20.1 Å². The topological polar surface area (TPSA) is 90.4 Å². The van der Waals surface area contributed by atoms with E-state index < -0.39 is 0 Å². The third-order valence-corrected chi connectivity index (χ3v) is 4.61. The van der Waals surface area contributed by atoms with Crippen LogP contribution in [0.3, 0.4) is 0 Å². The van der Waals surface area contributed by atoms with Crippen molar-refractivity contribution in [3.63, 3.8) is 0 Å². The van der Waals surface area contributed by atoms with Crippen molar-refractivity contribution in [3.05, 3.63) is 41.5 Å². The highest BCUT2D eigenvalue weighted by atomic mass is 127. The van der Waals surface area contributed by atoms with Gasteiger partial charge in [0.15, 0.2) is 11.8 Å². The zero-order chi connectivity index (χ0) is 16.4. The molecule has 134 valence electrons. The highest BCUT2D eigenvalue weighted by Crippen LogP contribution is 2.31. The van der Waals surface area contributed by atoms with E-state index in [2.05, 4.69) is 31.1 Å². The number of nitrogens with one attached hydrogen (secondary N) is 1. The first-order chi connectivity index (χ1) is 11.8. The average molecular weight is 454 g/mol. The Morgan fingerprint density at radius 2 is 2.20 bits per heavy atom. The third-order valence-electron chi connectivity index (χ3n) is 4.61. The van der Waals surface area contributed by atoms with Gasteiger partial charge in [0.05, 0.1) is 12.6 Å². The van der Waals surface area contributed by atoms with E-state index in [1.807, 2.05) is 18.2 Å². The number of nitrogens with zero attached hydrogens (tertiary/aromatic N) is 4. The molecule has 2 aromatic rings. The molecule has 0 aliphatic carbocycles. The van der Waals surface area contributed by atoms with Crippen LogP contribution < -0.4 is 15.8 Å². The number of guanidine groups is 1. The van der Waals surface area contributed by atoms with Crippen LogP contribution in [0.4, 0.5) is 0 Å². The number of nitrogens with two attached hydrogens (primary N) is 1. The molecule has 0 saturated heterocycles. The van der Waals surface area contributed by atoms with Crippen molar-refractivity contribution in [2.75, 3.05) is 6.61 Å². The normalized spacial score (nSPS) is 19.2.